The van der Waals surface area contributed by atoms with Crippen molar-refractivity contribution in [1.82, 2.24) is 0 Å². The summed E-state index contributed by atoms with van der Waals surface area (Å²) in [6.07, 6.45) is 2.72. The zero-order valence-electron chi connectivity index (χ0n) is 8.63. The smallest absolute Gasteiger partial charge is 0.139 e. The third-order valence-corrected chi connectivity index (χ3v) is 2.60. The lowest BCUT2D eigenvalue weighted by molar-refractivity contribution is -0.127. The Labute approximate surface area is 79.9 Å². The molecule has 1 fully saturated rings. The van der Waals surface area contributed by atoms with Crippen molar-refractivity contribution in [2.75, 3.05) is 0 Å². The molecule has 0 radical (unpaired) electrons. The molecular formula is C11H17NO. The minimum absolute atomic E-state index is 0.0216. The first kappa shape index (κ1) is 10.2. The Hall–Kier alpha value is -0.840. The molecule has 0 N–H and O–H groups in total. The Balaban J connectivity index is 2.47. The molecule has 1 aliphatic carbocycles. The Morgan fingerprint density at radius 2 is 2.08 bits per heavy atom. The van der Waals surface area contributed by atoms with E-state index in [-0.39, 0.29) is 17.1 Å². The maximum atomic E-state index is 11.6. The SMILES string of the molecule is CC(C)(C)C(=O)CC(C#N)C1CC1. The lowest BCUT2D eigenvalue weighted by atomic mass is 9.84. The molecule has 1 atom stereocenters. The molecule has 0 aliphatic heterocycles. The summed E-state index contributed by atoms with van der Waals surface area (Å²) in [5.74, 6) is 0.703. The van der Waals surface area contributed by atoms with Gasteiger partial charge >= 0.3 is 0 Å². The van der Waals surface area contributed by atoms with Crippen molar-refractivity contribution in [3.05, 3.63) is 0 Å². The van der Waals surface area contributed by atoms with Gasteiger partial charge in [-0.2, -0.15) is 5.26 Å². The van der Waals surface area contributed by atoms with Crippen LogP contribution in [0.2, 0.25) is 0 Å². The molecule has 0 bridgehead atoms. The second-order valence-corrected chi connectivity index (χ2v) is 4.95. The molecule has 13 heavy (non-hydrogen) atoms. The summed E-state index contributed by atoms with van der Waals surface area (Å²) in [5.41, 5.74) is -0.288. The molecule has 0 heterocycles. The minimum atomic E-state index is -0.288. The number of carbonyl (C=O) groups is 1. The van der Waals surface area contributed by atoms with E-state index in [9.17, 15) is 4.79 Å². The molecule has 0 aromatic carbocycles. The number of Topliss-reactive ketones (excluding diaryl/α,β-unsaturated/α-hetero) is 1. The number of nitrogens with zero attached hydrogens (tertiary/aromatic N) is 1. The number of hydrogen-bond donors (Lipinski definition) is 0. The van der Waals surface area contributed by atoms with Crippen molar-refractivity contribution in [3.63, 3.8) is 0 Å². The fraction of sp³-hybridized carbons (Fsp3) is 0.818. The van der Waals surface area contributed by atoms with Gasteiger partial charge in [0.15, 0.2) is 0 Å². The summed E-state index contributed by atoms with van der Waals surface area (Å²) >= 11 is 0. The molecule has 1 aliphatic rings. The first-order valence-electron chi connectivity index (χ1n) is 4.88. The molecule has 1 unspecified atom stereocenters. The van der Waals surface area contributed by atoms with Crippen LogP contribution in [0.25, 0.3) is 0 Å². The van der Waals surface area contributed by atoms with E-state index in [0.29, 0.717) is 12.3 Å². The van der Waals surface area contributed by atoms with Gasteiger partial charge < -0.3 is 0 Å². The van der Waals surface area contributed by atoms with E-state index in [1.807, 2.05) is 20.8 Å². The highest BCUT2D eigenvalue weighted by molar-refractivity contribution is 5.84. The number of carbonyl (C=O) groups excluding carboxylic acids is 1. The van der Waals surface area contributed by atoms with Gasteiger partial charge in [-0.1, -0.05) is 20.8 Å². The topological polar surface area (TPSA) is 40.9 Å². The molecule has 0 saturated heterocycles. The van der Waals surface area contributed by atoms with Crippen LogP contribution in [0.15, 0.2) is 0 Å². The lowest BCUT2D eigenvalue weighted by Crippen LogP contribution is -2.23. The van der Waals surface area contributed by atoms with Crippen LogP contribution in [-0.4, -0.2) is 5.78 Å². The van der Waals surface area contributed by atoms with Crippen LogP contribution in [-0.2, 0) is 4.79 Å². The first-order chi connectivity index (χ1) is 5.95. The molecule has 2 heteroatoms. The molecule has 0 aromatic heterocycles. The van der Waals surface area contributed by atoms with E-state index >= 15 is 0 Å². The Morgan fingerprint density at radius 1 is 1.54 bits per heavy atom. The van der Waals surface area contributed by atoms with E-state index in [1.165, 1.54) is 0 Å². The van der Waals surface area contributed by atoms with Crippen LogP contribution < -0.4 is 0 Å². The minimum Gasteiger partial charge on any atom is -0.299 e. The molecule has 0 aromatic rings. The zero-order valence-corrected chi connectivity index (χ0v) is 8.63. The molecule has 72 valence electrons. The summed E-state index contributed by atoms with van der Waals surface area (Å²) in [7, 11) is 0. The maximum Gasteiger partial charge on any atom is 0.139 e. The number of rotatable bonds is 3. The van der Waals surface area contributed by atoms with Gasteiger partial charge in [-0.05, 0) is 18.8 Å². The van der Waals surface area contributed by atoms with Crippen molar-refractivity contribution in [2.45, 2.75) is 40.0 Å². The van der Waals surface area contributed by atoms with Crippen molar-refractivity contribution < 1.29 is 4.79 Å². The summed E-state index contributed by atoms with van der Waals surface area (Å²) < 4.78 is 0. The normalized spacial score (nSPS) is 19.2. The highest BCUT2D eigenvalue weighted by Crippen LogP contribution is 2.39. The predicted molar refractivity (Wildman–Crippen MR) is 50.9 cm³/mol. The summed E-state index contributed by atoms with van der Waals surface area (Å²) in [6, 6.07) is 2.25. The van der Waals surface area contributed by atoms with Gasteiger partial charge in [0.05, 0.1) is 12.0 Å². The van der Waals surface area contributed by atoms with Crippen molar-refractivity contribution in [1.29, 1.82) is 5.26 Å². The zero-order chi connectivity index (χ0) is 10.1. The van der Waals surface area contributed by atoms with Gasteiger partial charge in [-0.25, -0.2) is 0 Å². The molecule has 0 spiro atoms. The van der Waals surface area contributed by atoms with Crippen LogP contribution >= 0.6 is 0 Å². The quantitative estimate of drug-likeness (QED) is 0.668. The van der Waals surface area contributed by atoms with E-state index in [1.54, 1.807) is 0 Å². The average molecular weight is 179 g/mol. The van der Waals surface area contributed by atoms with Crippen LogP contribution in [0.5, 0.6) is 0 Å². The van der Waals surface area contributed by atoms with Crippen molar-refractivity contribution in [2.24, 2.45) is 17.3 Å². The molecular weight excluding hydrogens is 162 g/mol. The van der Waals surface area contributed by atoms with Crippen LogP contribution in [0.1, 0.15) is 40.0 Å². The van der Waals surface area contributed by atoms with Crippen molar-refractivity contribution >= 4 is 5.78 Å². The maximum absolute atomic E-state index is 11.6. The predicted octanol–water partition coefficient (Wildman–Crippen LogP) is 2.54. The third-order valence-electron chi connectivity index (χ3n) is 2.60. The van der Waals surface area contributed by atoms with Gasteiger partial charge in [0.2, 0.25) is 0 Å². The molecule has 0 amide bonds. The average Bonchev–Trinajstić information content (AvgIpc) is 2.80. The summed E-state index contributed by atoms with van der Waals surface area (Å²) in [5, 5.41) is 8.85. The van der Waals surface area contributed by atoms with Crippen LogP contribution in [0.4, 0.5) is 0 Å². The van der Waals surface area contributed by atoms with Gasteiger partial charge in [0, 0.05) is 11.8 Å². The summed E-state index contributed by atoms with van der Waals surface area (Å²) in [6.45, 7) is 5.74. The lowest BCUT2D eigenvalue weighted by Gasteiger charge is -2.18. The monoisotopic (exact) mass is 179 g/mol. The number of ketones is 1. The largest absolute Gasteiger partial charge is 0.299 e. The van der Waals surface area contributed by atoms with E-state index in [0.717, 1.165) is 12.8 Å². The van der Waals surface area contributed by atoms with Crippen LogP contribution in [0.3, 0.4) is 0 Å². The van der Waals surface area contributed by atoms with E-state index in [2.05, 4.69) is 6.07 Å². The van der Waals surface area contributed by atoms with E-state index in [4.69, 9.17) is 5.26 Å². The van der Waals surface area contributed by atoms with Gasteiger partial charge in [0.25, 0.3) is 0 Å². The Morgan fingerprint density at radius 3 is 2.38 bits per heavy atom. The fourth-order valence-electron chi connectivity index (χ4n) is 1.32. The Bertz CT molecular complexity index is 240. The highest BCUT2D eigenvalue weighted by atomic mass is 16.1. The van der Waals surface area contributed by atoms with Gasteiger partial charge in [0.1, 0.15) is 5.78 Å². The Kier molecular flexibility index (Phi) is 2.75. The number of nitriles is 1. The third kappa shape index (κ3) is 2.84. The van der Waals surface area contributed by atoms with Crippen molar-refractivity contribution in [3.8, 4) is 6.07 Å². The summed E-state index contributed by atoms with van der Waals surface area (Å²) in [4.78, 5) is 11.6. The first-order valence-corrected chi connectivity index (χ1v) is 4.88. The fourth-order valence-corrected chi connectivity index (χ4v) is 1.32. The molecule has 2 nitrogen and oxygen atoms in total. The second kappa shape index (κ2) is 3.49. The number of hydrogen-bond acceptors (Lipinski definition) is 2. The van der Waals surface area contributed by atoms with E-state index < -0.39 is 0 Å². The second-order valence-electron chi connectivity index (χ2n) is 4.95. The van der Waals surface area contributed by atoms with Gasteiger partial charge in [-0.15, -0.1) is 0 Å². The molecule has 1 saturated carbocycles. The van der Waals surface area contributed by atoms with Gasteiger partial charge in [-0.3, -0.25) is 4.79 Å². The highest BCUT2D eigenvalue weighted by Gasteiger charge is 2.34. The van der Waals surface area contributed by atoms with Crippen LogP contribution in [0, 0.1) is 28.6 Å². The standard InChI is InChI=1S/C11H17NO/c1-11(2,3)10(13)6-9(7-12)8-4-5-8/h8-9H,4-6H2,1-3H3. The molecule has 1 rings (SSSR count).